The third kappa shape index (κ3) is 3.82. The number of aliphatic hydroxyl groups excluding tert-OH is 1. The molecule has 0 spiro atoms. The molecule has 0 unspecified atom stereocenters. The van der Waals surface area contributed by atoms with Crippen molar-refractivity contribution in [3.8, 4) is 0 Å². The Balaban J connectivity index is 1.90. The molecule has 0 radical (unpaired) electrons. The molecule has 20 heavy (non-hydrogen) atoms. The van der Waals surface area contributed by atoms with Gasteiger partial charge in [0.15, 0.2) is 0 Å². The molecule has 2 rings (SSSR count). The minimum absolute atomic E-state index is 0.0111. The third-order valence-electron chi connectivity index (χ3n) is 3.11. The smallest absolute Gasteiger partial charge is 0.370 e. The summed E-state index contributed by atoms with van der Waals surface area (Å²) in [5.74, 6) is -1.02. The van der Waals surface area contributed by atoms with Gasteiger partial charge in [0.2, 0.25) is 12.0 Å². The first kappa shape index (κ1) is 14.6. The van der Waals surface area contributed by atoms with E-state index in [9.17, 15) is 4.79 Å². The normalized spacial score (nSPS) is 22.0. The molecule has 0 bridgehead atoms. The summed E-state index contributed by atoms with van der Waals surface area (Å²) in [4.78, 5) is 10.9. The van der Waals surface area contributed by atoms with Crippen LogP contribution in [-0.4, -0.2) is 22.5 Å². The van der Waals surface area contributed by atoms with Crippen molar-refractivity contribution in [1.29, 1.82) is 0 Å². The number of hydrogen-bond donors (Lipinski definition) is 2. The van der Waals surface area contributed by atoms with E-state index in [-0.39, 0.29) is 18.3 Å². The van der Waals surface area contributed by atoms with Gasteiger partial charge < -0.3 is 19.7 Å². The van der Waals surface area contributed by atoms with Gasteiger partial charge in [-0.1, -0.05) is 31.2 Å². The zero-order chi connectivity index (χ0) is 14.5. The van der Waals surface area contributed by atoms with Gasteiger partial charge in [-0.2, -0.15) is 0 Å². The fraction of sp³-hybridized carbons (Fsp3) is 0.400. The zero-order valence-electron chi connectivity index (χ0n) is 11.3. The van der Waals surface area contributed by atoms with E-state index in [0.29, 0.717) is 13.0 Å². The summed E-state index contributed by atoms with van der Waals surface area (Å²) < 4.78 is 10.9. The van der Waals surface area contributed by atoms with Gasteiger partial charge in [0, 0.05) is 6.42 Å². The predicted octanol–water partition coefficient (Wildman–Crippen LogP) is 2.05. The van der Waals surface area contributed by atoms with Gasteiger partial charge in [-0.05, 0) is 23.1 Å². The summed E-state index contributed by atoms with van der Waals surface area (Å²) in [6.45, 7) is 2.28. The van der Waals surface area contributed by atoms with Crippen LogP contribution >= 0.6 is 0 Å². The van der Waals surface area contributed by atoms with Crippen molar-refractivity contribution in [3.63, 3.8) is 0 Å². The molecule has 0 saturated carbocycles. The number of aliphatic hydroxyl groups is 1. The molecule has 1 aliphatic heterocycles. The Morgan fingerprint density at radius 2 is 2.00 bits per heavy atom. The van der Waals surface area contributed by atoms with E-state index in [0.717, 1.165) is 11.1 Å². The molecule has 2 N–H and O–H groups in total. The molecule has 1 heterocycles. The van der Waals surface area contributed by atoms with Gasteiger partial charge in [0.1, 0.15) is 0 Å². The van der Waals surface area contributed by atoms with E-state index in [4.69, 9.17) is 19.7 Å². The van der Waals surface area contributed by atoms with Crippen LogP contribution in [0, 0.1) is 5.92 Å². The monoisotopic (exact) mass is 278 g/mol. The summed E-state index contributed by atoms with van der Waals surface area (Å²) in [6, 6.07) is 7.38. The van der Waals surface area contributed by atoms with Crippen LogP contribution in [0.4, 0.5) is 0 Å². The number of rotatable bonds is 5. The van der Waals surface area contributed by atoms with Crippen LogP contribution in [0.1, 0.15) is 24.5 Å². The first-order valence-electron chi connectivity index (χ1n) is 6.50. The highest BCUT2D eigenvalue weighted by Crippen LogP contribution is 2.23. The maximum atomic E-state index is 10.9. The van der Waals surface area contributed by atoms with Gasteiger partial charge >= 0.3 is 5.97 Å². The maximum Gasteiger partial charge on any atom is 0.370 e. The van der Waals surface area contributed by atoms with Crippen molar-refractivity contribution in [3.05, 3.63) is 47.2 Å². The molecular formula is C15H18O5. The lowest BCUT2D eigenvalue weighted by Gasteiger charge is -2.26. The van der Waals surface area contributed by atoms with E-state index >= 15 is 0 Å². The summed E-state index contributed by atoms with van der Waals surface area (Å²) in [5.41, 5.74) is 1.79. The lowest BCUT2D eigenvalue weighted by Crippen LogP contribution is -2.26. The van der Waals surface area contributed by atoms with Crippen molar-refractivity contribution in [2.24, 2.45) is 5.92 Å². The molecule has 0 aliphatic carbocycles. The summed E-state index contributed by atoms with van der Waals surface area (Å²) in [6.07, 6.45) is 1.68. The number of allylic oxidation sites excluding steroid dienone is 1. The minimum atomic E-state index is -1.07. The Morgan fingerprint density at radius 3 is 2.60 bits per heavy atom. The van der Waals surface area contributed by atoms with Crippen LogP contribution in [0.5, 0.6) is 0 Å². The van der Waals surface area contributed by atoms with E-state index in [1.807, 2.05) is 31.2 Å². The average Bonchev–Trinajstić information content (AvgIpc) is 2.45. The molecule has 2 atom stereocenters. The fourth-order valence-corrected chi connectivity index (χ4v) is 2.01. The van der Waals surface area contributed by atoms with Crippen molar-refractivity contribution in [2.75, 3.05) is 0 Å². The van der Waals surface area contributed by atoms with Crippen LogP contribution < -0.4 is 0 Å². The first-order valence-corrected chi connectivity index (χ1v) is 6.50. The van der Waals surface area contributed by atoms with Crippen molar-refractivity contribution >= 4 is 5.97 Å². The molecular weight excluding hydrogens is 260 g/mol. The zero-order valence-corrected chi connectivity index (χ0v) is 11.3. The Kier molecular flexibility index (Phi) is 4.76. The van der Waals surface area contributed by atoms with E-state index in [2.05, 4.69) is 0 Å². The molecule has 108 valence electrons. The number of carboxylic acid groups (broad SMARTS) is 1. The van der Waals surface area contributed by atoms with Gasteiger partial charge in [0.05, 0.1) is 13.2 Å². The van der Waals surface area contributed by atoms with Gasteiger partial charge in [-0.25, -0.2) is 4.79 Å². The molecule has 5 nitrogen and oxygen atoms in total. The highest BCUT2D eigenvalue weighted by Gasteiger charge is 2.25. The number of carboxylic acids is 1. The molecule has 0 fully saturated rings. The summed E-state index contributed by atoms with van der Waals surface area (Å²) in [7, 11) is 0. The minimum Gasteiger partial charge on any atom is -0.475 e. The van der Waals surface area contributed by atoms with Gasteiger partial charge in [0.25, 0.3) is 0 Å². The Hall–Kier alpha value is -1.85. The fourth-order valence-electron chi connectivity index (χ4n) is 2.01. The molecule has 1 aromatic rings. The Bertz CT molecular complexity index is 491. The van der Waals surface area contributed by atoms with Gasteiger partial charge in [-0.15, -0.1) is 0 Å². The Labute approximate surface area is 117 Å². The Morgan fingerprint density at radius 1 is 1.35 bits per heavy atom. The lowest BCUT2D eigenvalue weighted by molar-refractivity contribution is -0.161. The highest BCUT2D eigenvalue weighted by molar-refractivity contribution is 5.84. The maximum absolute atomic E-state index is 10.9. The molecule has 0 aromatic heterocycles. The van der Waals surface area contributed by atoms with Crippen LogP contribution in [0.25, 0.3) is 0 Å². The van der Waals surface area contributed by atoms with Crippen molar-refractivity contribution < 1.29 is 24.5 Å². The lowest BCUT2D eigenvalue weighted by atomic mass is 10.0. The number of aliphatic carboxylic acids is 1. The average molecular weight is 278 g/mol. The quantitative estimate of drug-likeness (QED) is 0.862. The van der Waals surface area contributed by atoms with E-state index < -0.39 is 12.3 Å². The second kappa shape index (κ2) is 6.54. The first-order chi connectivity index (χ1) is 9.58. The van der Waals surface area contributed by atoms with Crippen LogP contribution in [-0.2, 0) is 27.5 Å². The number of ether oxygens (including phenoxy) is 2. The van der Waals surface area contributed by atoms with Crippen molar-refractivity contribution in [1.82, 2.24) is 0 Å². The van der Waals surface area contributed by atoms with Crippen molar-refractivity contribution in [2.45, 2.75) is 32.8 Å². The molecule has 0 amide bonds. The molecule has 1 aliphatic rings. The number of hydrogen-bond acceptors (Lipinski definition) is 4. The molecule has 0 saturated heterocycles. The van der Waals surface area contributed by atoms with Crippen LogP contribution in [0.3, 0.4) is 0 Å². The summed E-state index contributed by atoms with van der Waals surface area (Å²) >= 11 is 0. The van der Waals surface area contributed by atoms with E-state index in [1.54, 1.807) is 6.08 Å². The molecule has 1 aromatic carbocycles. The van der Waals surface area contributed by atoms with E-state index in [1.165, 1.54) is 0 Å². The van der Waals surface area contributed by atoms with Crippen LogP contribution in [0.15, 0.2) is 36.1 Å². The van der Waals surface area contributed by atoms with Gasteiger partial charge in [-0.3, -0.25) is 0 Å². The highest BCUT2D eigenvalue weighted by atomic mass is 16.7. The number of benzene rings is 1. The summed E-state index contributed by atoms with van der Waals surface area (Å²) in [5, 5.41) is 17.9. The second-order valence-corrected chi connectivity index (χ2v) is 4.88. The van der Waals surface area contributed by atoms with Crippen LogP contribution in [0.2, 0.25) is 0 Å². The largest absolute Gasteiger partial charge is 0.475 e. The SMILES string of the molecule is C[C@@H]1C=C(C(=O)O)O[C@H](OCc2ccc(CO)cc2)C1. The second-order valence-electron chi connectivity index (χ2n) is 4.88. The third-order valence-corrected chi connectivity index (χ3v) is 3.11. The number of carbonyl (C=O) groups is 1. The molecule has 5 heteroatoms. The topological polar surface area (TPSA) is 76.0 Å². The predicted molar refractivity (Wildman–Crippen MR) is 71.5 cm³/mol. The standard InChI is InChI=1S/C15H18O5/c1-10-6-13(15(17)18)20-14(7-10)19-9-12-4-2-11(8-16)3-5-12/h2-6,10,14,16H,7-9H2,1H3,(H,17,18)/t10-,14+/m1/s1.